The summed E-state index contributed by atoms with van der Waals surface area (Å²) in [6, 6.07) is 17.6. The van der Waals surface area contributed by atoms with E-state index in [4.69, 9.17) is 4.74 Å². The highest BCUT2D eigenvalue weighted by atomic mass is 16.6. The average Bonchev–Trinajstić information content (AvgIpc) is 3.19. The molecule has 1 fully saturated rings. The van der Waals surface area contributed by atoms with Crippen LogP contribution in [0.3, 0.4) is 0 Å². The molecule has 1 aliphatic rings. The van der Waals surface area contributed by atoms with Crippen LogP contribution in [0.2, 0.25) is 0 Å². The Morgan fingerprint density at radius 1 is 1.07 bits per heavy atom. The van der Waals surface area contributed by atoms with Crippen LogP contribution >= 0.6 is 0 Å². The van der Waals surface area contributed by atoms with Gasteiger partial charge >= 0.3 is 6.09 Å². The second kappa shape index (κ2) is 10.3. The summed E-state index contributed by atoms with van der Waals surface area (Å²) >= 11 is 0. The minimum absolute atomic E-state index is 0.0361. The fourth-order valence-corrected chi connectivity index (χ4v) is 2.85. The van der Waals surface area contributed by atoms with Crippen molar-refractivity contribution in [1.82, 2.24) is 15.5 Å². The van der Waals surface area contributed by atoms with Crippen LogP contribution in [-0.2, 0) is 22.6 Å². The molecule has 0 aromatic heterocycles. The first-order valence-corrected chi connectivity index (χ1v) is 9.82. The van der Waals surface area contributed by atoms with Crippen LogP contribution < -0.4 is 15.5 Å². The zero-order chi connectivity index (χ0) is 21.3. The summed E-state index contributed by atoms with van der Waals surface area (Å²) < 4.78 is 4.98. The van der Waals surface area contributed by atoms with Gasteiger partial charge in [-0.15, -0.1) is 0 Å². The number of cyclic esters (lactones) is 1. The Morgan fingerprint density at radius 2 is 1.80 bits per heavy atom. The molecule has 0 spiro atoms. The van der Waals surface area contributed by atoms with E-state index in [1.807, 2.05) is 54.6 Å². The van der Waals surface area contributed by atoms with E-state index in [-0.39, 0.29) is 18.5 Å². The molecule has 2 N–H and O–H groups in total. The standard InChI is InChI=1S/C22H27N5O3/c1-26(2)20(28)16-25-21(23-14-17-6-4-3-5-7-17)24-15-18-8-10-19(11-9-18)27-12-13-30-22(27)29/h3-11H,12-16H2,1-2H3,(H2,23,24,25). The molecule has 2 aromatic carbocycles. The van der Waals surface area contributed by atoms with Gasteiger partial charge in [-0.2, -0.15) is 0 Å². The van der Waals surface area contributed by atoms with Crippen molar-refractivity contribution in [3.05, 3.63) is 65.7 Å². The fourth-order valence-electron chi connectivity index (χ4n) is 2.85. The number of carbonyl (C=O) groups is 2. The summed E-state index contributed by atoms with van der Waals surface area (Å²) in [6.45, 7) is 2.17. The lowest BCUT2D eigenvalue weighted by Crippen LogP contribution is -2.42. The van der Waals surface area contributed by atoms with Crippen molar-refractivity contribution in [3.63, 3.8) is 0 Å². The molecule has 0 atom stereocenters. The van der Waals surface area contributed by atoms with Crippen LogP contribution in [0.4, 0.5) is 10.5 Å². The van der Waals surface area contributed by atoms with Gasteiger partial charge in [0.2, 0.25) is 5.91 Å². The van der Waals surface area contributed by atoms with Gasteiger partial charge in [0.25, 0.3) is 0 Å². The molecule has 1 aliphatic heterocycles. The van der Waals surface area contributed by atoms with Gasteiger partial charge in [-0.1, -0.05) is 42.5 Å². The van der Waals surface area contributed by atoms with E-state index in [0.29, 0.717) is 32.2 Å². The molecule has 1 saturated heterocycles. The molecule has 0 bridgehead atoms. The maximum Gasteiger partial charge on any atom is 0.414 e. The largest absolute Gasteiger partial charge is 0.447 e. The Hall–Kier alpha value is -3.55. The monoisotopic (exact) mass is 409 g/mol. The van der Waals surface area contributed by atoms with Crippen molar-refractivity contribution < 1.29 is 14.3 Å². The van der Waals surface area contributed by atoms with Crippen LogP contribution in [0.25, 0.3) is 0 Å². The molecule has 0 aliphatic carbocycles. The summed E-state index contributed by atoms with van der Waals surface area (Å²) in [5, 5.41) is 6.34. The number of guanidine groups is 1. The Morgan fingerprint density at radius 3 is 2.43 bits per heavy atom. The second-order valence-corrected chi connectivity index (χ2v) is 7.08. The molecule has 0 saturated carbocycles. The lowest BCUT2D eigenvalue weighted by molar-refractivity contribution is -0.127. The van der Waals surface area contributed by atoms with Gasteiger partial charge < -0.3 is 20.3 Å². The van der Waals surface area contributed by atoms with Gasteiger partial charge in [0.1, 0.15) is 6.61 Å². The van der Waals surface area contributed by atoms with Crippen molar-refractivity contribution in [2.24, 2.45) is 4.99 Å². The van der Waals surface area contributed by atoms with Crippen LogP contribution in [0.1, 0.15) is 11.1 Å². The molecule has 158 valence electrons. The number of likely N-dealkylation sites (N-methyl/N-ethyl adjacent to an activating group) is 1. The number of nitrogens with one attached hydrogen (secondary N) is 2. The van der Waals surface area contributed by atoms with E-state index in [0.717, 1.165) is 16.8 Å². The highest BCUT2D eigenvalue weighted by Crippen LogP contribution is 2.19. The third-order valence-electron chi connectivity index (χ3n) is 4.64. The summed E-state index contributed by atoms with van der Waals surface area (Å²) in [7, 11) is 3.44. The van der Waals surface area contributed by atoms with Crippen LogP contribution in [0.15, 0.2) is 59.6 Å². The molecule has 2 aromatic rings. The highest BCUT2D eigenvalue weighted by Gasteiger charge is 2.23. The lowest BCUT2D eigenvalue weighted by atomic mass is 10.2. The molecule has 0 unspecified atom stereocenters. The molecule has 30 heavy (non-hydrogen) atoms. The van der Waals surface area contributed by atoms with Gasteiger partial charge in [0.05, 0.1) is 19.6 Å². The number of hydrogen-bond donors (Lipinski definition) is 2. The third kappa shape index (κ3) is 5.97. The summed E-state index contributed by atoms with van der Waals surface area (Å²) in [6.07, 6.45) is -0.314. The minimum atomic E-state index is -0.314. The number of benzene rings is 2. The number of anilines is 1. The maximum absolute atomic E-state index is 11.9. The van der Waals surface area contributed by atoms with Gasteiger partial charge in [0.15, 0.2) is 5.96 Å². The molecule has 8 heteroatoms. The Balaban J connectivity index is 1.61. The van der Waals surface area contributed by atoms with E-state index in [1.54, 1.807) is 19.0 Å². The van der Waals surface area contributed by atoms with Crippen molar-refractivity contribution >= 4 is 23.6 Å². The number of nitrogens with zero attached hydrogens (tertiary/aromatic N) is 3. The molecular formula is C22H27N5O3. The van der Waals surface area contributed by atoms with Crippen LogP contribution in [0, 0.1) is 0 Å². The number of rotatable bonds is 7. The number of ether oxygens (including phenoxy) is 1. The second-order valence-electron chi connectivity index (χ2n) is 7.08. The van der Waals surface area contributed by atoms with Gasteiger partial charge in [-0.3, -0.25) is 9.69 Å². The molecule has 8 nitrogen and oxygen atoms in total. The summed E-state index contributed by atoms with van der Waals surface area (Å²) in [4.78, 5) is 31.3. The first-order chi connectivity index (χ1) is 14.5. The third-order valence-corrected chi connectivity index (χ3v) is 4.64. The van der Waals surface area contributed by atoms with Crippen molar-refractivity contribution in [3.8, 4) is 0 Å². The van der Waals surface area contributed by atoms with E-state index >= 15 is 0 Å². The Labute approximate surface area is 176 Å². The predicted molar refractivity (Wildman–Crippen MR) is 116 cm³/mol. The minimum Gasteiger partial charge on any atom is -0.447 e. The Bertz CT molecular complexity index is 881. The van der Waals surface area contributed by atoms with Crippen molar-refractivity contribution in [1.29, 1.82) is 0 Å². The number of carbonyl (C=O) groups excluding carboxylic acids is 2. The fraction of sp³-hybridized carbons (Fsp3) is 0.318. The smallest absolute Gasteiger partial charge is 0.414 e. The highest BCUT2D eigenvalue weighted by molar-refractivity contribution is 5.89. The first kappa shape index (κ1) is 21.2. The Kier molecular flexibility index (Phi) is 7.26. The van der Waals surface area contributed by atoms with Crippen molar-refractivity contribution in [2.45, 2.75) is 13.1 Å². The molecule has 0 radical (unpaired) electrons. The maximum atomic E-state index is 11.9. The molecule has 3 rings (SSSR count). The normalized spacial score (nSPS) is 13.7. The first-order valence-electron chi connectivity index (χ1n) is 9.82. The van der Waals surface area contributed by atoms with E-state index in [1.165, 1.54) is 4.90 Å². The summed E-state index contributed by atoms with van der Waals surface area (Å²) in [5.41, 5.74) is 2.92. The number of hydrogen-bond acceptors (Lipinski definition) is 4. The lowest BCUT2D eigenvalue weighted by Gasteiger charge is -2.16. The van der Waals surface area contributed by atoms with E-state index in [9.17, 15) is 9.59 Å². The van der Waals surface area contributed by atoms with Gasteiger partial charge in [0, 0.05) is 26.3 Å². The molecule has 2 amide bonds. The number of aliphatic imine (C=N–C) groups is 1. The number of amides is 2. The van der Waals surface area contributed by atoms with E-state index < -0.39 is 0 Å². The van der Waals surface area contributed by atoms with Crippen LogP contribution in [-0.4, -0.2) is 56.7 Å². The van der Waals surface area contributed by atoms with Gasteiger partial charge in [-0.05, 0) is 23.3 Å². The van der Waals surface area contributed by atoms with E-state index in [2.05, 4.69) is 15.6 Å². The topological polar surface area (TPSA) is 86.3 Å². The molecular weight excluding hydrogens is 382 g/mol. The SMILES string of the molecule is CN(C)C(=O)CNC(=NCc1ccccc1)NCc1ccc(N2CCOC2=O)cc1. The average molecular weight is 409 g/mol. The zero-order valence-electron chi connectivity index (χ0n) is 17.3. The van der Waals surface area contributed by atoms with Crippen molar-refractivity contribution in [2.75, 3.05) is 38.7 Å². The summed E-state index contributed by atoms with van der Waals surface area (Å²) in [5.74, 6) is 0.521. The molecule has 1 heterocycles. The quantitative estimate of drug-likeness (QED) is 0.539. The predicted octanol–water partition coefficient (Wildman–Crippen LogP) is 1.97. The zero-order valence-corrected chi connectivity index (χ0v) is 17.3. The van der Waals surface area contributed by atoms with Gasteiger partial charge in [-0.25, -0.2) is 9.79 Å². The van der Waals surface area contributed by atoms with Crippen LogP contribution in [0.5, 0.6) is 0 Å².